The maximum atomic E-state index is 10.6. The van der Waals surface area contributed by atoms with Gasteiger partial charge in [0.2, 0.25) is 0 Å². The summed E-state index contributed by atoms with van der Waals surface area (Å²) in [6, 6.07) is 7.61. The van der Waals surface area contributed by atoms with Gasteiger partial charge >= 0.3 is 5.97 Å². The van der Waals surface area contributed by atoms with Crippen LogP contribution in [0.2, 0.25) is 0 Å². The molecule has 18 heavy (non-hydrogen) atoms. The number of nitrogens with zero attached hydrogens (tertiary/aromatic N) is 1. The second kappa shape index (κ2) is 5.40. The molecule has 4 heteroatoms. The molecule has 0 bridgehead atoms. The van der Waals surface area contributed by atoms with E-state index < -0.39 is 5.97 Å². The fourth-order valence-electron chi connectivity index (χ4n) is 2.64. The topological polar surface area (TPSA) is 60.8 Å². The average molecular weight is 249 g/mol. The van der Waals surface area contributed by atoms with Crippen molar-refractivity contribution in [1.29, 1.82) is 0 Å². The smallest absolute Gasteiger partial charge is 0.303 e. The Bertz CT molecular complexity index is 410. The quantitative estimate of drug-likeness (QED) is 0.840. The maximum absolute atomic E-state index is 10.6. The average Bonchev–Trinajstić information content (AvgIpc) is 2.28. The van der Waals surface area contributed by atoms with Gasteiger partial charge in [-0.1, -0.05) is 19.1 Å². The van der Waals surface area contributed by atoms with Crippen molar-refractivity contribution in [3.05, 3.63) is 29.8 Å². The third-order valence-electron chi connectivity index (χ3n) is 3.55. The van der Waals surface area contributed by atoms with E-state index in [1.807, 2.05) is 12.1 Å². The Balaban J connectivity index is 1.95. The van der Waals surface area contributed by atoms with Crippen molar-refractivity contribution in [3.8, 4) is 5.75 Å². The van der Waals surface area contributed by atoms with Crippen molar-refractivity contribution in [1.82, 2.24) is 4.90 Å². The van der Waals surface area contributed by atoms with Gasteiger partial charge in [0.05, 0.1) is 6.42 Å². The SMILES string of the molecule is CCC(c1ccc(O)cc1)N1CC(CC(=O)O)C1. The molecule has 0 saturated carbocycles. The summed E-state index contributed by atoms with van der Waals surface area (Å²) >= 11 is 0. The lowest BCUT2D eigenvalue weighted by molar-refractivity contribution is -0.139. The molecule has 98 valence electrons. The molecule has 0 aliphatic carbocycles. The van der Waals surface area contributed by atoms with Crippen LogP contribution in [0.3, 0.4) is 0 Å². The molecule has 0 spiro atoms. The number of carboxylic acid groups (broad SMARTS) is 1. The molecule has 1 unspecified atom stereocenters. The number of hydrogen-bond donors (Lipinski definition) is 2. The fraction of sp³-hybridized carbons (Fsp3) is 0.500. The van der Waals surface area contributed by atoms with Gasteiger partial charge in [0.25, 0.3) is 0 Å². The van der Waals surface area contributed by atoms with Crippen LogP contribution in [0.5, 0.6) is 5.75 Å². The lowest BCUT2D eigenvalue weighted by Crippen LogP contribution is -2.49. The molecule has 0 radical (unpaired) electrons. The highest BCUT2D eigenvalue weighted by molar-refractivity contribution is 5.67. The summed E-state index contributed by atoms with van der Waals surface area (Å²) in [5.41, 5.74) is 1.18. The zero-order chi connectivity index (χ0) is 13.1. The van der Waals surface area contributed by atoms with Gasteiger partial charge in [0.15, 0.2) is 0 Å². The van der Waals surface area contributed by atoms with E-state index in [-0.39, 0.29) is 18.1 Å². The lowest BCUT2D eigenvalue weighted by atomic mass is 9.91. The summed E-state index contributed by atoms with van der Waals surface area (Å²) in [7, 11) is 0. The lowest BCUT2D eigenvalue weighted by Gasteiger charge is -2.44. The van der Waals surface area contributed by atoms with Crippen LogP contribution >= 0.6 is 0 Å². The number of carboxylic acids is 1. The van der Waals surface area contributed by atoms with Crippen molar-refractivity contribution in [2.24, 2.45) is 5.92 Å². The summed E-state index contributed by atoms with van der Waals surface area (Å²) in [5.74, 6) is -0.146. The van der Waals surface area contributed by atoms with E-state index in [1.165, 1.54) is 5.56 Å². The van der Waals surface area contributed by atoms with E-state index >= 15 is 0 Å². The number of aliphatic carboxylic acids is 1. The second-order valence-corrected chi connectivity index (χ2v) is 4.93. The molecule has 1 heterocycles. The Hall–Kier alpha value is -1.55. The van der Waals surface area contributed by atoms with Crippen molar-refractivity contribution >= 4 is 5.97 Å². The van der Waals surface area contributed by atoms with Gasteiger partial charge in [0.1, 0.15) is 5.75 Å². The van der Waals surface area contributed by atoms with Crippen molar-refractivity contribution < 1.29 is 15.0 Å². The molecule has 2 N–H and O–H groups in total. The van der Waals surface area contributed by atoms with Crippen LogP contribution in [0, 0.1) is 5.92 Å². The highest BCUT2D eigenvalue weighted by atomic mass is 16.4. The highest BCUT2D eigenvalue weighted by Crippen LogP contribution is 2.32. The number of carbonyl (C=O) groups is 1. The van der Waals surface area contributed by atoms with Crippen molar-refractivity contribution in [2.75, 3.05) is 13.1 Å². The molecule has 1 aromatic rings. The third-order valence-corrected chi connectivity index (χ3v) is 3.55. The number of rotatable bonds is 5. The van der Waals surface area contributed by atoms with E-state index in [1.54, 1.807) is 12.1 Å². The Morgan fingerprint density at radius 1 is 1.39 bits per heavy atom. The van der Waals surface area contributed by atoms with E-state index in [9.17, 15) is 9.90 Å². The van der Waals surface area contributed by atoms with Crippen LogP contribution in [0.25, 0.3) is 0 Å². The van der Waals surface area contributed by atoms with Crippen LogP contribution in [0.4, 0.5) is 0 Å². The number of benzene rings is 1. The standard InChI is InChI=1S/C14H19NO3/c1-2-13(11-3-5-12(16)6-4-11)15-8-10(9-15)7-14(17)18/h3-6,10,13,16H,2,7-9H2,1H3,(H,17,18). The predicted octanol–water partition coefficient (Wildman–Crippen LogP) is 2.25. The van der Waals surface area contributed by atoms with Crippen LogP contribution in [0.15, 0.2) is 24.3 Å². The first-order valence-electron chi connectivity index (χ1n) is 6.35. The minimum absolute atomic E-state index is 0.266. The van der Waals surface area contributed by atoms with Crippen LogP contribution in [-0.4, -0.2) is 34.2 Å². The van der Waals surface area contributed by atoms with Gasteiger partial charge in [-0.15, -0.1) is 0 Å². The summed E-state index contributed by atoms with van der Waals surface area (Å²) in [6.45, 7) is 3.83. The first-order valence-corrected chi connectivity index (χ1v) is 6.35. The molecule has 1 aliphatic heterocycles. The molecule has 1 aliphatic rings. The van der Waals surface area contributed by atoms with E-state index in [0.29, 0.717) is 6.04 Å². The van der Waals surface area contributed by atoms with Gasteiger partial charge < -0.3 is 10.2 Å². The van der Waals surface area contributed by atoms with Crippen LogP contribution < -0.4 is 0 Å². The summed E-state index contributed by atoms with van der Waals surface area (Å²) in [4.78, 5) is 12.9. The molecule has 2 rings (SSSR count). The molecule has 1 saturated heterocycles. The fourth-order valence-corrected chi connectivity index (χ4v) is 2.64. The van der Waals surface area contributed by atoms with Gasteiger partial charge in [0, 0.05) is 19.1 Å². The number of phenolic OH excluding ortho intramolecular Hbond substituents is 1. The summed E-state index contributed by atoms with van der Waals surface area (Å²) in [5, 5.41) is 18.0. The van der Waals surface area contributed by atoms with E-state index in [2.05, 4.69) is 11.8 Å². The number of likely N-dealkylation sites (tertiary alicyclic amines) is 1. The highest BCUT2D eigenvalue weighted by Gasteiger charge is 2.33. The zero-order valence-corrected chi connectivity index (χ0v) is 10.5. The van der Waals surface area contributed by atoms with Crippen molar-refractivity contribution in [2.45, 2.75) is 25.8 Å². The predicted molar refractivity (Wildman–Crippen MR) is 68.5 cm³/mol. The second-order valence-electron chi connectivity index (χ2n) is 4.93. The van der Waals surface area contributed by atoms with Gasteiger partial charge in [-0.25, -0.2) is 0 Å². The molecular weight excluding hydrogens is 230 g/mol. The molecule has 0 amide bonds. The van der Waals surface area contributed by atoms with E-state index in [0.717, 1.165) is 19.5 Å². The minimum atomic E-state index is -0.711. The van der Waals surface area contributed by atoms with Gasteiger partial charge in [-0.05, 0) is 30.0 Å². The summed E-state index contributed by atoms with van der Waals surface area (Å²) in [6.07, 6.45) is 1.26. The van der Waals surface area contributed by atoms with Crippen molar-refractivity contribution in [3.63, 3.8) is 0 Å². The van der Waals surface area contributed by atoms with Gasteiger partial charge in [-0.2, -0.15) is 0 Å². The number of phenols is 1. The van der Waals surface area contributed by atoms with Crippen LogP contribution in [0.1, 0.15) is 31.4 Å². The molecule has 0 aromatic heterocycles. The minimum Gasteiger partial charge on any atom is -0.508 e. The Kier molecular flexibility index (Phi) is 3.87. The Labute approximate surface area is 107 Å². The molecule has 4 nitrogen and oxygen atoms in total. The van der Waals surface area contributed by atoms with E-state index in [4.69, 9.17) is 5.11 Å². The monoisotopic (exact) mass is 249 g/mol. The third kappa shape index (κ3) is 2.82. The number of aromatic hydroxyl groups is 1. The molecule has 1 aromatic carbocycles. The molecule has 1 atom stereocenters. The molecular formula is C14H19NO3. The first-order chi connectivity index (χ1) is 8.60. The van der Waals surface area contributed by atoms with Crippen LogP contribution in [-0.2, 0) is 4.79 Å². The van der Waals surface area contributed by atoms with Gasteiger partial charge in [-0.3, -0.25) is 9.69 Å². The Morgan fingerprint density at radius 3 is 2.50 bits per heavy atom. The normalized spacial score (nSPS) is 18.3. The summed E-state index contributed by atoms with van der Waals surface area (Å²) < 4.78 is 0. The zero-order valence-electron chi connectivity index (χ0n) is 10.5. The largest absolute Gasteiger partial charge is 0.508 e. The maximum Gasteiger partial charge on any atom is 0.303 e. The Morgan fingerprint density at radius 2 is 2.00 bits per heavy atom. The number of hydrogen-bond acceptors (Lipinski definition) is 3. The molecule has 1 fully saturated rings. The first kappa shape index (κ1) is 12.9.